The SMILES string of the molecule is CC(C)N1CCC(NCc2ccccc2OC(F)F)CC1. The summed E-state index contributed by atoms with van der Waals surface area (Å²) in [5.74, 6) is 0.264. The van der Waals surface area contributed by atoms with Crippen LogP contribution >= 0.6 is 0 Å². The quantitative estimate of drug-likeness (QED) is 0.872. The van der Waals surface area contributed by atoms with Crippen molar-refractivity contribution in [3.8, 4) is 5.75 Å². The zero-order chi connectivity index (χ0) is 15.2. The maximum absolute atomic E-state index is 12.4. The molecule has 1 aromatic carbocycles. The van der Waals surface area contributed by atoms with Gasteiger partial charge in [0, 0.05) is 24.2 Å². The molecule has 1 heterocycles. The van der Waals surface area contributed by atoms with Crippen molar-refractivity contribution in [1.29, 1.82) is 0 Å². The third-order valence-corrected chi connectivity index (χ3v) is 4.03. The summed E-state index contributed by atoms with van der Waals surface area (Å²) in [6, 6.07) is 8.00. The molecule has 0 aromatic heterocycles. The third kappa shape index (κ3) is 4.93. The summed E-state index contributed by atoms with van der Waals surface area (Å²) in [4.78, 5) is 2.46. The van der Waals surface area contributed by atoms with Gasteiger partial charge in [0.25, 0.3) is 0 Å². The Balaban J connectivity index is 1.84. The van der Waals surface area contributed by atoms with Gasteiger partial charge >= 0.3 is 6.61 Å². The zero-order valence-corrected chi connectivity index (χ0v) is 12.7. The first-order valence-electron chi connectivity index (χ1n) is 7.56. The predicted molar refractivity (Wildman–Crippen MR) is 79.6 cm³/mol. The van der Waals surface area contributed by atoms with Crippen molar-refractivity contribution in [3.63, 3.8) is 0 Å². The number of likely N-dealkylation sites (tertiary alicyclic amines) is 1. The third-order valence-electron chi connectivity index (χ3n) is 4.03. The number of benzene rings is 1. The van der Waals surface area contributed by atoms with E-state index in [2.05, 4.69) is 28.8 Å². The fourth-order valence-corrected chi connectivity index (χ4v) is 2.74. The second-order valence-corrected chi connectivity index (χ2v) is 5.77. The molecule has 1 aromatic rings. The van der Waals surface area contributed by atoms with Crippen molar-refractivity contribution >= 4 is 0 Å². The van der Waals surface area contributed by atoms with Crippen LogP contribution in [0.5, 0.6) is 5.75 Å². The summed E-state index contributed by atoms with van der Waals surface area (Å²) in [6.07, 6.45) is 2.19. The smallest absolute Gasteiger partial charge is 0.387 e. The number of para-hydroxylation sites is 1. The van der Waals surface area contributed by atoms with Crippen LogP contribution in [-0.2, 0) is 6.54 Å². The standard InChI is InChI=1S/C16H24F2N2O/c1-12(2)20-9-7-14(8-10-20)19-11-13-5-3-4-6-15(13)21-16(17)18/h3-6,12,14,16,19H,7-11H2,1-2H3. The Kier molecular flexibility index (Phi) is 5.94. The number of nitrogens with zero attached hydrogens (tertiary/aromatic N) is 1. The van der Waals surface area contributed by atoms with Crippen molar-refractivity contribution in [2.24, 2.45) is 0 Å². The van der Waals surface area contributed by atoms with Gasteiger partial charge in [-0.25, -0.2) is 0 Å². The minimum atomic E-state index is -2.78. The van der Waals surface area contributed by atoms with Crippen LogP contribution in [0.25, 0.3) is 0 Å². The lowest BCUT2D eigenvalue weighted by Gasteiger charge is -2.35. The molecular weight excluding hydrogens is 274 g/mol. The summed E-state index contributed by atoms with van der Waals surface area (Å²) in [5.41, 5.74) is 0.782. The fraction of sp³-hybridized carbons (Fsp3) is 0.625. The van der Waals surface area contributed by atoms with E-state index in [1.807, 2.05) is 12.1 Å². The Morgan fingerprint density at radius 1 is 1.24 bits per heavy atom. The van der Waals surface area contributed by atoms with E-state index in [4.69, 9.17) is 0 Å². The minimum absolute atomic E-state index is 0.264. The van der Waals surface area contributed by atoms with E-state index in [1.165, 1.54) is 0 Å². The van der Waals surface area contributed by atoms with Crippen molar-refractivity contribution < 1.29 is 13.5 Å². The highest BCUT2D eigenvalue weighted by Gasteiger charge is 2.20. The number of hydrogen-bond donors (Lipinski definition) is 1. The van der Waals surface area contributed by atoms with E-state index in [0.717, 1.165) is 31.5 Å². The second-order valence-electron chi connectivity index (χ2n) is 5.77. The van der Waals surface area contributed by atoms with Gasteiger partial charge in [0.2, 0.25) is 0 Å². The molecule has 2 rings (SSSR count). The highest BCUT2D eigenvalue weighted by Crippen LogP contribution is 2.21. The van der Waals surface area contributed by atoms with Crippen LogP contribution < -0.4 is 10.1 Å². The topological polar surface area (TPSA) is 24.5 Å². The molecule has 0 amide bonds. The largest absolute Gasteiger partial charge is 0.434 e. The van der Waals surface area contributed by atoms with Gasteiger partial charge in [0.1, 0.15) is 5.75 Å². The maximum atomic E-state index is 12.4. The predicted octanol–water partition coefficient (Wildman–Crippen LogP) is 3.25. The Labute approximate surface area is 125 Å². The maximum Gasteiger partial charge on any atom is 0.387 e. The van der Waals surface area contributed by atoms with Gasteiger partial charge in [-0.05, 0) is 45.8 Å². The molecule has 1 N–H and O–H groups in total. The highest BCUT2D eigenvalue weighted by molar-refractivity contribution is 5.33. The Hall–Kier alpha value is -1.20. The van der Waals surface area contributed by atoms with Crippen molar-refractivity contribution in [1.82, 2.24) is 10.2 Å². The van der Waals surface area contributed by atoms with E-state index in [0.29, 0.717) is 18.6 Å². The molecule has 0 unspecified atom stereocenters. The van der Waals surface area contributed by atoms with E-state index in [1.54, 1.807) is 12.1 Å². The molecule has 0 saturated carbocycles. The number of hydrogen-bond acceptors (Lipinski definition) is 3. The second kappa shape index (κ2) is 7.71. The Bertz CT molecular complexity index is 432. The normalized spacial score (nSPS) is 17.6. The van der Waals surface area contributed by atoms with E-state index in [-0.39, 0.29) is 5.75 Å². The number of nitrogens with one attached hydrogen (secondary N) is 1. The molecule has 1 aliphatic rings. The molecular formula is C16H24F2N2O. The van der Waals surface area contributed by atoms with Crippen LogP contribution in [0, 0.1) is 0 Å². The Morgan fingerprint density at radius 3 is 2.52 bits per heavy atom. The monoisotopic (exact) mass is 298 g/mol. The lowest BCUT2D eigenvalue weighted by molar-refractivity contribution is -0.0505. The summed E-state index contributed by atoms with van der Waals surface area (Å²) >= 11 is 0. The molecule has 0 bridgehead atoms. The van der Waals surface area contributed by atoms with Gasteiger partial charge in [-0.1, -0.05) is 18.2 Å². The lowest BCUT2D eigenvalue weighted by atomic mass is 10.0. The highest BCUT2D eigenvalue weighted by atomic mass is 19.3. The summed E-state index contributed by atoms with van der Waals surface area (Å²) in [7, 11) is 0. The minimum Gasteiger partial charge on any atom is -0.434 e. The molecule has 118 valence electrons. The van der Waals surface area contributed by atoms with E-state index >= 15 is 0 Å². The number of ether oxygens (including phenoxy) is 1. The van der Waals surface area contributed by atoms with Gasteiger partial charge < -0.3 is 15.0 Å². The molecule has 21 heavy (non-hydrogen) atoms. The number of piperidine rings is 1. The first-order valence-corrected chi connectivity index (χ1v) is 7.56. The van der Waals surface area contributed by atoms with Gasteiger partial charge in [0.15, 0.2) is 0 Å². The molecule has 1 aliphatic heterocycles. The summed E-state index contributed by atoms with van der Waals surface area (Å²) in [5, 5.41) is 3.46. The van der Waals surface area contributed by atoms with Crippen molar-refractivity contribution in [2.45, 2.75) is 51.9 Å². The van der Waals surface area contributed by atoms with Gasteiger partial charge in [-0.3, -0.25) is 0 Å². The van der Waals surface area contributed by atoms with Gasteiger partial charge in [-0.2, -0.15) is 8.78 Å². The van der Waals surface area contributed by atoms with Gasteiger partial charge in [-0.15, -0.1) is 0 Å². The van der Waals surface area contributed by atoms with Crippen molar-refractivity contribution in [2.75, 3.05) is 13.1 Å². The average molecular weight is 298 g/mol. The first-order chi connectivity index (χ1) is 10.1. The molecule has 0 atom stereocenters. The van der Waals surface area contributed by atoms with Crippen LogP contribution in [0.1, 0.15) is 32.3 Å². The van der Waals surface area contributed by atoms with Gasteiger partial charge in [0.05, 0.1) is 0 Å². The van der Waals surface area contributed by atoms with Crippen LogP contribution in [0.15, 0.2) is 24.3 Å². The fourth-order valence-electron chi connectivity index (χ4n) is 2.74. The number of halogens is 2. The summed E-state index contributed by atoms with van der Waals surface area (Å²) < 4.78 is 29.3. The number of rotatable bonds is 6. The molecule has 0 radical (unpaired) electrons. The Morgan fingerprint density at radius 2 is 1.90 bits per heavy atom. The van der Waals surface area contributed by atoms with E-state index < -0.39 is 6.61 Å². The van der Waals surface area contributed by atoms with Crippen LogP contribution in [-0.4, -0.2) is 36.7 Å². The molecule has 5 heteroatoms. The molecule has 0 aliphatic carbocycles. The zero-order valence-electron chi connectivity index (χ0n) is 12.7. The molecule has 3 nitrogen and oxygen atoms in total. The van der Waals surface area contributed by atoms with Crippen molar-refractivity contribution in [3.05, 3.63) is 29.8 Å². The van der Waals surface area contributed by atoms with Crippen LogP contribution in [0.2, 0.25) is 0 Å². The first kappa shape index (κ1) is 16.2. The van der Waals surface area contributed by atoms with Crippen LogP contribution in [0.4, 0.5) is 8.78 Å². The molecule has 1 saturated heterocycles. The lowest BCUT2D eigenvalue weighted by Crippen LogP contribution is -2.44. The average Bonchev–Trinajstić information content (AvgIpc) is 2.46. The van der Waals surface area contributed by atoms with Crippen LogP contribution in [0.3, 0.4) is 0 Å². The molecule has 0 spiro atoms. The van der Waals surface area contributed by atoms with E-state index in [9.17, 15) is 8.78 Å². The number of alkyl halides is 2. The summed E-state index contributed by atoms with van der Waals surface area (Å²) in [6.45, 7) is 4.39. The molecule has 1 fully saturated rings.